The fourth-order valence-electron chi connectivity index (χ4n) is 1.09. The Balaban J connectivity index is 0.000000245. The predicted molar refractivity (Wildman–Crippen MR) is 54.1 cm³/mol. The summed E-state index contributed by atoms with van der Waals surface area (Å²) in [5, 5.41) is 24.2. The maximum Gasteiger partial charge on any atom is 0.503 e. The molecule has 0 saturated heterocycles. The summed E-state index contributed by atoms with van der Waals surface area (Å²) in [4.78, 5) is 12.6. The molecule has 78 valence electrons. The van der Waals surface area contributed by atoms with Gasteiger partial charge in [0.2, 0.25) is 0 Å². The number of pyridine rings is 1. The fourth-order valence-corrected chi connectivity index (χ4v) is 1.09. The molecule has 1 aromatic carbocycles. The Morgan fingerprint density at radius 2 is 1.73 bits per heavy atom. The standard InChI is InChI=1S/C9H7NO.CH2O3/c11-8-5-1-3-7-4-2-6-10-9(7)8;2-1(3)4/h1-6,11H;(H2,2,3,4). The largest absolute Gasteiger partial charge is 0.506 e. The Labute approximate surface area is 85.2 Å². The number of aromatic hydroxyl groups is 1. The fraction of sp³-hybridized carbons (Fsp3) is 0. The summed E-state index contributed by atoms with van der Waals surface area (Å²) in [6.45, 7) is 0. The molecule has 0 bridgehead atoms. The number of fused-ring (bicyclic) bond motifs is 1. The molecule has 0 saturated carbocycles. The molecule has 0 radical (unpaired) electrons. The quantitative estimate of drug-likeness (QED) is 0.615. The van der Waals surface area contributed by atoms with Gasteiger partial charge < -0.3 is 15.3 Å². The van der Waals surface area contributed by atoms with Gasteiger partial charge in [-0.2, -0.15) is 0 Å². The molecule has 0 atom stereocenters. The summed E-state index contributed by atoms with van der Waals surface area (Å²) in [6.07, 6.45) is -0.165. The van der Waals surface area contributed by atoms with Crippen molar-refractivity contribution in [3.05, 3.63) is 36.5 Å². The zero-order valence-electron chi connectivity index (χ0n) is 7.66. The number of para-hydroxylation sites is 1. The van der Waals surface area contributed by atoms with Crippen LogP contribution >= 0.6 is 0 Å². The first kappa shape index (κ1) is 10.8. The average Bonchev–Trinajstić information content (AvgIpc) is 2.18. The maximum absolute atomic E-state index is 9.31. The van der Waals surface area contributed by atoms with Crippen LogP contribution in [0.3, 0.4) is 0 Å². The molecule has 0 aliphatic heterocycles. The van der Waals surface area contributed by atoms with E-state index in [-0.39, 0.29) is 5.75 Å². The third-order valence-electron chi connectivity index (χ3n) is 1.61. The number of hydrogen-bond acceptors (Lipinski definition) is 3. The minimum Gasteiger partial charge on any atom is -0.506 e. The van der Waals surface area contributed by atoms with E-state index >= 15 is 0 Å². The van der Waals surface area contributed by atoms with Crippen molar-refractivity contribution in [3.8, 4) is 5.75 Å². The number of hydrogen-bond donors (Lipinski definition) is 3. The lowest BCUT2D eigenvalue weighted by atomic mass is 10.2. The molecule has 0 amide bonds. The van der Waals surface area contributed by atoms with Crippen LogP contribution in [0.15, 0.2) is 36.5 Å². The molecule has 0 aliphatic rings. The molecule has 2 aromatic rings. The van der Waals surface area contributed by atoms with Crippen LogP contribution in [0.5, 0.6) is 5.75 Å². The van der Waals surface area contributed by atoms with Crippen LogP contribution in [0.2, 0.25) is 0 Å². The van der Waals surface area contributed by atoms with Gasteiger partial charge in [0.15, 0.2) is 0 Å². The van der Waals surface area contributed by atoms with Crippen molar-refractivity contribution in [1.29, 1.82) is 0 Å². The third kappa shape index (κ3) is 3.15. The molecule has 5 nitrogen and oxygen atoms in total. The highest BCUT2D eigenvalue weighted by Gasteiger charge is 1.96. The highest BCUT2D eigenvalue weighted by Crippen LogP contribution is 2.20. The van der Waals surface area contributed by atoms with Crippen molar-refractivity contribution in [1.82, 2.24) is 4.98 Å². The first-order valence-electron chi connectivity index (χ1n) is 4.06. The first-order chi connectivity index (χ1) is 7.11. The topological polar surface area (TPSA) is 90.7 Å². The van der Waals surface area contributed by atoms with Crippen molar-refractivity contribution in [3.63, 3.8) is 0 Å². The Kier molecular flexibility index (Phi) is 3.45. The number of carbonyl (C=O) groups is 1. The van der Waals surface area contributed by atoms with E-state index in [0.29, 0.717) is 5.52 Å². The van der Waals surface area contributed by atoms with Gasteiger partial charge >= 0.3 is 6.16 Å². The van der Waals surface area contributed by atoms with E-state index in [2.05, 4.69) is 4.98 Å². The summed E-state index contributed by atoms with van der Waals surface area (Å²) in [6, 6.07) is 9.13. The van der Waals surface area contributed by atoms with Crippen LogP contribution in [-0.4, -0.2) is 26.5 Å². The third-order valence-corrected chi connectivity index (χ3v) is 1.61. The number of carboxylic acid groups (broad SMARTS) is 2. The normalized spacial score (nSPS) is 9.07. The number of phenolic OH excluding ortho intramolecular Hbond substituents is 1. The van der Waals surface area contributed by atoms with Gasteiger partial charge in [0.25, 0.3) is 0 Å². The highest BCUT2D eigenvalue weighted by molar-refractivity contribution is 5.83. The molecule has 0 fully saturated rings. The number of nitrogens with zero attached hydrogens (tertiary/aromatic N) is 1. The van der Waals surface area contributed by atoms with E-state index in [1.165, 1.54) is 0 Å². The maximum atomic E-state index is 9.31. The lowest BCUT2D eigenvalue weighted by Crippen LogP contribution is -1.81. The molecule has 5 heteroatoms. The van der Waals surface area contributed by atoms with Gasteiger partial charge in [0.1, 0.15) is 11.3 Å². The number of rotatable bonds is 0. The average molecular weight is 207 g/mol. The van der Waals surface area contributed by atoms with Gasteiger partial charge in [0.05, 0.1) is 0 Å². The highest BCUT2D eigenvalue weighted by atomic mass is 16.6. The monoisotopic (exact) mass is 207 g/mol. The molecular formula is C10H9NO4. The van der Waals surface area contributed by atoms with Gasteiger partial charge in [0, 0.05) is 11.6 Å². The summed E-state index contributed by atoms with van der Waals surface area (Å²) >= 11 is 0. The second-order valence-electron chi connectivity index (χ2n) is 2.63. The summed E-state index contributed by atoms with van der Waals surface area (Å²) in [7, 11) is 0. The molecule has 3 N–H and O–H groups in total. The van der Waals surface area contributed by atoms with Crippen molar-refractivity contribution in [2.24, 2.45) is 0 Å². The molecule has 0 aliphatic carbocycles. The van der Waals surface area contributed by atoms with E-state index in [1.807, 2.05) is 18.2 Å². The van der Waals surface area contributed by atoms with Crippen molar-refractivity contribution in [2.45, 2.75) is 0 Å². The second-order valence-corrected chi connectivity index (χ2v) is 2.63. The Hall–Kier alpha value is -2.30. The number of benzene rings is 1. The molecule has 2 rings (SSSR count). The van der Waals surface area contributed by atoms with E-state index < -0.39 is 6.16 Å². The molecule has 1 heterocycles. The van der Waals surface area contributed by atoms with Crippen LogP contribution in [-0.2, 0) is 0 Å². The predicted octanol–water partition coefficient (Wildman–Crippen LogP) is 2.16. The molecule has 1 aromatic heterocycles. The van der Waals surface area contributed by atoms with Gasteiger partial charge in [-0.3, -0.25) is 4.98 Å². The van der Waals surface area contributed by atoms with Crippen LogP contribution < -0.4 is 0 Å². The second kappa shape index (κ2) is 4.80. The molecular weight excluding hydrogens is 198 g/mol. The Morgan fingerprint density at radius 1 is 1.13 bits per heavy atom. The molecule has 15 heavy (non-hydrogen) atoms. The van der Waals surface area contributed by atoms with E-state index in [1.54, 1.807) is 18.3 Å². The van der Waals surface area contributed by atoms with Crippen molar-refractivity contribution in [2.75, 3.05) is 0 Å². The minimum absolute atomic E-state index is 0.239. The summed E-state index contributed by atoms with van der Waals surface area (Å²) < 4.78 is 0. The van der Waals surface area contributed by atoms with E-state index in [0.717, 1.165) is 5.39 Å². The zero-order chi connectivity index (χ0) is 11.3. The molecule has 0 spiro atoms. The van der Waals surface area contributed by atoms with Crippen LogP contribution in [0.4, 0.5) is 4.79 Å². The Morgan fingerprint density at radius 3 is 2.33 bits per heavy atom. The van der Waals surface area contributed by atoms with Gasteiger partial charge in [-0.25, -0.2) is 4.79 Å². The smallest absolute Gasteiger partial charge is 0.503 e. The first-order valence-corrected chi connectivity index (χ1v) is 4.06. The number of phenols is 1. The van der Waals surface area contributed by atoms with Gasteiger partial charge in [-0.15, -0.1) is 0 Å². The van der Waals surface area contributed by atoms with Crippen LogP contribution in [0.1, 0.15) is 0 Å². The van der Waals surface area contributed by atoms with Gasteiger partial charge in [-0.05, 0) is 12.1 Å². The lowest BCUT2D eigenvalue weighted by molar-refractivity contribution is 0.137. The van der Waals surface area contributed by atoms with E-state index in [9.17, 15) is 5.11 Å². The summed E-state index contributed by atoms with van der Waals surface area (Å²) in [5.74, 6) is 0.239. The SMILES string of the molecule is O=C(O)O.Oc1cccc2cccnc12. The molecule has 0 unspecified atom stereocenters. The van der Waals surface area contributed by atoms with Crippen LogP contribution in [0, 0.1) is 0 Å². The lowest BCUT2D eigenvalue weighted by Gasteiger charge is -1.96. The summed E-state index contributed by atoms with van der Waals surface area (Å²) in [5.41, 5.74) is 0.662. The van der Waals surface area contributed by atoms with E-state index in [4.69, 9.17) is 15.0 Å². The Bertz CT molecular complexity index is 460. The minimum atomic E-state index is -1.83. The van der Waals surface area contributed by atoms with Crippen molar-refractivity contribution < 1.29 is 20.1 Å². The van der Waals surface area contributed by atoms with Gasteiger partial charge in [-0.1, -0.05) is 18.2 Å². The zero-order valence-corrected chi connectivity index (χ0v) is 7.66. The van der Waals surface area contributed by atoms with Crippen molar-refractivity contribution >= 4 is 17.1 Å². The number of aromatic nitrogens is 1. The van der Waals surface area contributed by atoms with Crippen LogP contribution in [0.25, 0.3) is 10.9 Å².